The van der Waals surface area contributed by atoms with Crippen LogP contribution in [0, 0.1) is 0 Å². The number of hydrogen-bond donors (Lipinski definition) is 1. The van der Waals surface area contributed by atoms with Crippen molar-refractivity contribution in [3.8, 4) is 17.0 Å². The molecule has 4 aromatic rings. The molecule has 35 heavy (non-hydrogen) atoms. The van der Waals surface area contributed by atoms with Crippen molar-refractivity contribution in [3.05, 3.63) is 54.6 Å². The standard InChI is InChI=1S/C22H19BrF2N6O3S/c23-4-7-30-10-17(28-21(32)16-9-27-31-6-1-5-26-20(16)31)19(29-30)15-8-13(35-14-11-33-12-14)2-3-18(15)34-22(24)25/h1-3,5-6,8-10,14,22H,4,7,11-12H2,(H,28,32). The number of ether oxygens (including phenoxy) is 2. The molecule has 1 N–H and O–H groups in total. The van der Waals surface area contributed by atoms with E-state index in [0.29, 0.717) is 47.7 Å². The molecule has 1 saturated heterocycles. The first-order chi connectivity index (χ1) is 17.0. The first-order valence-corrected chi connectivity index (χ1v) is 12.6. The first kappa shape index (κ1) is 23.7. The molecular formula is C22H19BrF2N6O3S. The van der Waals surface area contributed by atoms with E-state index in [0.717, 1.165) is 4.90 Å². The Labute approximate surface area is 210 Å². The van der Waals surface area contributed by atoms with E-state index in [1.54, 1.807) is 53.2 Å². The fourth-order valence-electron chi connectivity index (χ4n) is 3.53. The van der Waals surface area contributed by atoms with Gasteiger partial charge in [0, 0.05) is 34.4 Å². The fourth-order valence-corrected chi connectivity index (χ4v) is 4.94. The zero-order chi connectivity index (χ0) is 24.4. The maximum Gasteiger partial charge on any atom is 0.387 e. The summed E-state index contributed by atoms with van der Waals surface area (Å²) in [6, 6.07) is 6.67. The van der Waals surface area contributed by atoms with Gasteiger partial charge >= 0.3 is 6.61 Å². The summed E-state index contributed by atoms with van der Waals surface area (Å²) in [4.78, 5) is 18.2. The third-order valence-corrected chi connectivity index (χ3v) is 6.67. The van der Waals surface area contributed by atoms with Crippen LogP contribution >= 0.6 is 27.7 Å². The first-order valence-electron chi connectivity index (χ1n) is 10.6. The van der Waals surface area contributed by atoms with Crippen molar-refractivity contribution in [1.29, 1.82) is 0 Å². The van der Waals surface area contributed by atoms with Gasteiger partial charge in [0.15, 0.2) is 5.65 Å². The fraction of sp³-hybridized carbons (Fsp3) is 0.273. The van der Waals surface area contributed by atoms with Crippen molar-refractivity contribution >= 4 is 44.9 Å². The number of hydrogen-bond acceptors (Lipinski definition) is 7. The smallest absolute Gasteiger partial charge is 0.387 e. The molecule has 1 aliphatic heterocycles. The quantitative estimate of drug-likeness (QED) is 0.302. The van der Waals surface area contributed by atoms with Crippen molar-refractivity contribution in [1.82, 2.24) is 24.4 Å². The second-order valence-electron chi connectivity index (χ2n) is 7.56. The largest absolute Gasteiger partial charge is 0.434 e. The highest BCUT2D eigenvalue weighted by atomic mass is 79.9. The normalized spacial score (nSPS) is 13.8. The Kier molecular flexibility index (Phi) is 6.97. The van der Waals surface area contributed by atoms with Crippen LogP contribution in [0.25, 0.3) is 16.9 Å². The molecule has 4 heterocycles. The SMILES string of the molecule is O=C(Nc1cn(CCBr)nc1-c1cc(SC2COC2)ccc1OC(F)F)c1cnn2cccnc12. The summed E-state index contributed by atoms with van der Waals surface area (Å²) in [6.45, 7) is -1.26. The maximum absolute atomic E-state index is 13.2. The molecule has 1 fully saturated rings. The Balaban J connectivity index is 1.53. The number of nitrogens with zero attached hydrogens (tertiary/aromatic N) is 5. The third-order valence-electron chi connectivity index (χ3n) is 5.18. The number of thioether (sulfide) groups is 1. The Hall–Kier alpha value is -3.03. The van der Waals surface area contributed by atoms with Gasteiger partial charge in [0.1, 0.15) is 17.0 Å². The van der Waals surface area contributed by atoms with E-state index in [-0.39, 0.29) is 16.6 Å². The number of rotatable bonds is 9. The lowest BCUT2D eigenvalue weighted by atomic mass is 10.1. The predicted octanol–water partition coefficient (Wildman–Crippen LogP) is 4.33. The molecule has 1 amide bonds. The van der Waals surface area contributed by atoms with E-state index < -0.39 is 12.5 Å². The third kappa shape index (κ3) is 5.16. The van der Waals surface area contributed by atoms with Crippen LogP contribution in [0.2, 0.25) is 0 Å². The molecule has 3 aromatic heterocycles. The number of nitrogens with one attached hydrogen (secondary N) is 1. The molecule has 0 bridgehead atoms. The second-order valence-corrected chi connectivity index (χ2v) is 9.72. The van der Waals surface area contributed by atoms with Crippen LogP contribution in [0.15, 0.2) is 53.9 Å². The van der Waals surface area contributed by atoms with Crippen molar-refractivity contribution in [2.45, 2.75) is 23.3 Å². The topological polar surface area (TPSA) is 95.6 Å². The van der Waals surface area contributed by atoms with Crippen molar-refractivity contribution in [3.63, 3.8) is 0 Å². The number of aryl methyl sites for hydroxylation is 1. The van der Waals surface area contributed by atoms with E-state index in [9.17, 15) is 13.6 Å². The molecule has 0 radical (unpaired) electrons. The average Bonchev–Trinajstić information content (AvgIpc) is 3.41. The highest BCUT2D eigenvalue weighted by Crippen LogP contribution is 2.39. The van der Waals surface area contributed by atoms with Gasteiger partial charge in [-0.05, 0) is 24.3 Å². The molecule has 182 valence electrons. The van der Waals surface area contributed by atoms with E-state index in [1.165, 1.54) is 16.8 Å². The molecule has 1 aromatic carbocycles. The average molecular weight is 565 g/mol. The van der Waals surface area contributed by atoms with Gasteiger partial charge in [-0.2, -0.15) is 19.0 Å². The lowest BCUT2D eigenvalue weighted by Crippen LogP contribution is -2.29. The summed E-state index contributed by atoms with van der Waals surface area (Å²) in [5, 5.41) is 12.5. The molecule has 0 spiro atoms. The lowest BCUT2D eigenvalue weighted by molar-refractivity contribution is -0.0494. The van der Waals surface area contributed by atoms with Crippen molar-refractivity contribution in [2.24, 2.45) is 0 Å². The monoisotopic (exact) mass is 564 g/mol. The molecule has 13 heteroatoms. The number of amides is 1. The summed E-state index contributed by atoms with van der Waals surface area (Å²) >= 11 is 4.97. The van der Waals surface area contributed by atoms with Gasteiger partial charge in [0.2, 0.25) is 0 Å². The van der Waals surface area contributed by atoms with Gasteiger partial charge in [0.05, 0.1) is 36.9 Å². The van der Waals surface area contributed by atoms with Gasteiger partial charge in [-0.1, -0.05) is 15.9 Å². The molecular weight excluding hydrogens is 546 g/mol. The minimum Gasteiger partial charge on any atom is -0.434 e. The number of benzene rings is 1. The summed E-state index contributed by atoms with van der Waals surface area (Å²) in [7, 11) is 0. The van der Waals surface area contributed by atoms with Crippen LogP contribution in [0.5, 0.6) is 5.75 Å². The van der Waals surface area contributed by atoms with E-state index in [2.05, 4.69) is 36.4 Å². The van der Waals surface area contributed by atoms with Crippen LogP contribution in [0.3, 0.4) is 0 Å². The van der Waals surface area contributed by atoms with E-state index in [4.69, 9.17) is 9.47 Å². The van der Waals surface area contributed by atoms with Gasteiger partial charge in [-0.3, -0.25) is 9.48 Å². The Morgan fingerprint density at radius 3 is 2.97 bits per heavy atom. The van der Waals surface area contributed by atoms with Crippen LogP contribution < -0.4 is 10.1 Å². The van der Waals surface area contributed by atoms with Crippen LogP contribution in [0.1, 0.15) is 10.4 Å². The predicted molar refractivity (Wildman–Crippen MR) is 129 cm³/mol. The van der Waals surface area contributed by atoms with Crippen LogP contribution in [0.4, 0.5) is 14.5 Å². The van der Waals surface area contributed by atoms with Gasteiger partial charge in [0.25, 0.3) is 5.91 Å². The zero-order valence-electron chi connectivity index (χ0n) is 18.1. The number of halogens is 3. The van der Waals surface area contributed by atoms with Crippen LogP contribution in [-0.4, -0.2) is 60.7 Å². The number of carbonyl (C=O) groups is 1. The van der Waals surface area contributed by atoms with Gasteiger partial charge in [-0.15, -0.1) is 11.8 Å². The maximum atomic E-state index is 13.2. The van der Waals surface area contributed by atoms with Crippen molar-refractivity contribution in [2.75, 3.05) is 23.9 Å². The number of aromatic nitrogens is 5. The number of carbonyl (C=O) groups excluding carboxylic acids is 1. The van der Waals surface area contributed by atoms with E-state index >= 15 is 0 Å². The number of alkyl halides is 3. The molecule has 1 aliphatic rings. The number of anilines is 1. The summed E-state index contributed by atoms with van der Waals surface area (Å²) in [6.07, 6.45) is 6.32. The van der Waals surface area contributed by atoms with Gasteiger partial charge in [-0.25, -0.2) is 9.50 Å². The van der Waals surface area contributed by atoms with Crippen molar-refractivity contribution < 1.29 is 23.0 Å². The minimum atomic E-state index is -3.01. The Morgan fingerprint density at radius 1 is 1.37 bits per heavy atom. The molecule has 0 unspecified atom stereocenters. The molecule has 0 aliphatic carbocycles. The number of fused-ring (bicyclic) bond motifs is 1. The van der Waals surface area contributed by atoms with E-state index in [1.807, 2.05) is 0 Å². The Morgan fingerprint density at radius 2 is 2.23 bits per heavy atom. The van der Waals surface area contributed by atoms with Crippen LogP contribution in [-0.2, 0) is 11.3 Å². The summed E-state index contributed by atoms with van der Waals surface area (Å²) in [5.41, 5.74) is 1.66. The lowest BCUT2D eigenvalue weighted by Gasteiger charge is -2.25. The molecule has 0 atom stereocenters. The molecule has 9 nitrogen and oxygen atoms in total. The molecule has 5 rings (SSSR count). The highest BCUT2D eigenvalue weighted by Gasteiger charge is 2.24. The summed E-state index contributed by atoms with van der Waals surface area (Å²) in [5.74, 6) is -0.488. The zero-order valence-corrected chi connectivity index (χ0v) is 20.5. The highest BCUT2D eigenvalue weighted by molar-refractivity contribution is 9.09. The summed E-state index contributed by atoms with van der Waals surface area (Å²) < 4.78 is 39.5. The Bertz CT molecular complexity index is 1360. The minimum absolute atomic E-state index is 0.0357. The van der Waals surface area contributed by atoms with Gasteiger partial charge < -0.3 is 14.8 Å². The molecule has 0 saturated carbocycles. The second kappa shape index (κ2) is 10.3.